The van der Waals surface area contributed by atoms with Crippen LogP contribution >= 0.6 is 0 Å². The van der Waals surface area contributed by atoms with E-state index in [4.69, 9.17) is 0 Å². The number of aryl methyl sites for hydroxylation is 2. The molecule has 0 saturated carbocycles. The van der Waals surface area contributed by atoms with Crippen LogP contribution in [0.3, 0.4) is 0 Å². The molecule has 2 aromatic rings. The van der Waals surface area contributed by atoms with Gasteiger partial charge in [-0.15, -0.1) is 0 Å². The highest BCUT2D eigenvalue weighted by Crippen LogP contribution is 2.37. The summed E-state index contributed by atoms with van der Waals surface area (Å²) in [5.74, 6) is -3.34. The number of hydrogen-bond acceptors (Lipinski definition) is 3. The van der Waals surface area contributed by atoms with Gasteiger partial charge in [0.1, 0.15) is 0 Å². The summed E-state index contributed by atoms with van der Waals surface area (Å²) in [7, 11) is 0. The summed E-state index contributed by atoms with van der Waals surface area (Å²) in [6.07, 6.45) is -1.81. The lowest BCUT2D eigenvalue weighted by atomic mass is 10.0. The van der Waals surface area contributed by atoms with Gasteiger partial charge in [-0.3, -0.25) is 0 Å². The van der Waals surface area contributed by atoms with Crippen LogP contribution in [0.2, 0.25) is 0 Å². The van der Waals surface area contributed by atoms with Crippen molar-refractivity contribution in [3.63, 3.8) is 0 Å². The van der Waals surface area contributed by atoms with Crippen LogP contribution in [-0.4, -0.2) is 9.97 Å². The average Bonchev–Trinajstić information content (AvgIpc) is 2.52. The van der Waals surface area contributed by atoms with Gasteiger partial charge in [0.2, 0.25) is 5.95 Å². The SMILES string of the molecule is CCc1cnc(Nc2cc(C(C)(F)F)cc(C(F)(F)F)c2)nc1CC. The van der Waals surface area contributed by atoms with E-state index in [9.17, 15) is 22.0 Å². The van der Waals surface area contributed by atoms with E-state index in [0.717, 1.165) is 29.8 Å². The van der Waals surface area contributed by atoms with E-state index in [-0.39, 0.29) is 11.6 Å². The topological polar surface area (TPSA) is 37.8 Å². The molecule has 1 aromatic heterocycles. The molecule has 0 amide bonds. The monoisotopic (exact) mass is 359 g/mol. The number of aromatic nitrogens is 2. The lowest BCUT2D eigenvalue weighted by molar-refractivity contribution is -0.137. The van der Waals surface area contributed by atoms with E-state index >= 15 is 0 Å². The number of halogens is 5. The molecule has 1 N–H and O–H groups in total. The molecule has 0 bridgehead atoms. The first-order chi connectivity index (χ1) is 11.5. The number of rotatable bonds is 5. The van der Waals surface area contributed by atoms with Crippen molar-refractivity contribution in [2.45, 2.75) is 45.7 Å². The molecule has 25 heavy (non-hydrogen) atoms. The van der Waals surface area contributed by atoms with Crippen LogP contribution in [-0.2, 0) is 24.9 Å². The molecule has 136 valence electrons. The Labute approximate surface area is 142 Å². The van der Waals surface area contributed by atoms with Crippen LogP contribution < -0.4 is 5.32 Å². The molecule has 0 aliphatic heterocycles. The van der Waals surface area contributed by atoms with E-state index in [1.54, 1.807) is 6.20 Å². The van der Waals surface area contributed by atoms with E-state index in [1.165, 1.54) is 0 Å². The van der Waals surface area contributed by atoms with Gasteiger partial charge in [0, 0.05) is 30.1 Å². The molecule has 2 rings (SSSR count). The second-order valence-corrected chi connectivity index (χ2v) is 5.68. The van der Waals surface area contributed by atoms with Crippen molar-refractivity contribution in [1.82, 2.24) is 9.97 Å². The Kier molecular flexibility index (Phi) is 5.29. The summed E-state index contributed by atoms with van der Waals surface area (Å²) in [6.45, 7) is 4.38. The standard InChI is InChI=1S/C17H18F5N3/c1-4-10-9-23-15(25-14(10)5-2)24-13-7-11(16(3,18)19)6-12(8-13)17(20,21)22/h6-9H,4-5H2,1-3H3,(H,23,24,25). The summed E-state index contributed by atoms with van der Waals surface area (Å²) in [5.41, 5.74) is -0.343. The summed E-state index contributed by atoms with van der Waals surface area (Å²) in [5, 5.41) is 2.60. The highest BCUT2D eigenvalue weighted by atomic mass is 19.4. The Balaban J connectivity index is 2.45. The van der Waals surface area contributed by atoms with Gasteiger partial charge < -0.3 is 5.32 Å². The fraction of sp³-hybridized carbons (Fsp3) is 0.412. The van der Waals surface area contributed by atoms with Gasteiger partial charge in [-0.1, -0.05) is 13.8 Å². The maximum Gasteiger partial charge on any atom is 0.416 e. The molecule has 0 aliphatic rings. The first-order valence-corrected chi connectivity index (χ1v) is 7.77. The number of hydrogen-bond donors (Lipinski definition) is 1. The molecule has 0 spiro atoms. The molecule has 1 aromatic carbocycles. The normalized spacial score (nSPS) is 12.3. The second kappa shape index (κ2) is 6.93. The van der Waals surface area contributed by atoms with E-state index in [0.29, 0.717) is 19.4 Å². The summed E-state index contributed by atoms with van der Waals surface area (Å²) >= 11 is 0. The molecule has 0 unspecified atom stereocenters. The third kappa shape index (κ3) is 4.64. The van der Waals surface area contributed by atoms with Crippen molar-refractivity contribution in [2.24, 2.45) is 0 Å². The maximum atomic E-state index is 13.5. The van der Waals surface area contributed by atoms with Gasteiger partial charge in [0.05, 0.1) is 5.56 Å². The maximum absolute atomic E-state index is 13.5. The molecule has 0 atom stereocenters. The second-order valence-electron chi connectivity index (χ2n) is 5.68. The highest BCUT2D eigenvalue weighted by Gasteiger charge is 2.34. The zero-order chi connectivity index (χ0) is 18.8. The van der Waals surface area contributed by atoms with Crippen LogP contribution in [0.5, 0.6) is 0 Å². The van der Waals surface area contributed by atoms with Gasteiger partial charge in [0.25, 0.3) is 5.92 Å². The predicted molar refractivity (Wildman–Crippen MR) is 85.1 cm³/mol. The number of anilines is 2. The third-order valence-corrected chi connectivity index (χ3v) is 3.69. The molecule has 8 heteroatoms. The number of benzene rings is 1. The van der Waals surface area contributed by atoms with Crippen molar-refractivity contribution in [3.8, 4) is 0 Å². The molecule has 3 nitrogen and oxygen atoms in total. The van der Waals surface area contributed by atoms with Gasteiger partial charge in [-0.25, -0.2) is 18.7 Å². The number of nitrogens with zero attached hydrogens (tertiary/aromatic N) is 2. The first-order valence-electron chi connectivity index (χ1n) is 7.77. The minimum absolute atomic E-state index is 0.0683. The van der Waals surface area contributed by atoms with Crippen molar-refractivity contribution < 1.29 is 22.0 Å². The molecular formula is C17H18F5N3. The van der Waals surface area contributed by atoms with E-state index < -0.39 is 23.2 Å². The van der Waals surface area contributed by atoms with Crippen LogP contribution in [0.15, 0.2) is 24.4 Å². The fourth-order valence-electron chi connectivity index (χ4n) is 2.35. The Bertz CT molecular complexity index is 719. The van der Waals surface area contributed by atoms with E-state index in [1.807, 2.05) is 13.8 Å². The zero-order valence-corrected chi connectivity index (χ0v) is 14.0. The lowest BCUT2D eigenvalue weighted by Crippen LogP contribution is -2.13. The zero-order valence-electron chi connectivity index (χ0n) is 14.0. The number of nitrogens with one attached hydrogen (secondary N) is 1. The summed E-state index contributed by atoms with van der Waals surface area (Å²) < 4.78 is 66.0. The van der Waals surface area contributed by atoms with Crippen LogP contribution in [0.4, 0.5) is 33.6 Å². The van der Waals surface area contributed by atoms with E-state index in [2.05, 4.69) is 15.3 Å². The fourth-order valence-corrected chi connectivity index (χ4v) is 2.35. The van der Waals surface area contributed by atoms with Crippen LogP contribution in [0, 0.1) is 0 Å². The highest BCUT2D eigenvalue weighted by molar-refractivity contribution is 5.57. The molecule has 0 saturated heterocycles. The van der Waals surface area contributed by atoms with Crippen LogP contribution in [0.1, 0.15) is 43.2 Å². The largest absolute Gasteiger partial charge is 0.416 e. The minimum atomic E-state index is -4.74. The predicted octanol–water partition coefficient (Wildman–Crippen LogP) is 5.48. The van der Waals surface area contributed by atoms with Gasteiger partial charge in [-0.05, 0) is 36.6 Å². The molecule has 0 aliphatic carbocycles. The van der Waals surface area contributed by atoms with Crippen molar-refractivity contribution >= 4 is 11.6 Å². The minimum Gasteiger partial charge on any atom is -0.324 e. The third-order valence-electron chi connectivity index (χ3n) is 3.69. The van der Waals surface area contributed by atoms with Gasteiger partial charge in [0.15, 0.2) is 0 Å². The Morgan fingerprint density at radius 2 is 1.60 bits per heavy atom. The Hall–Kier alpha value is -2.25. The van der Waals surface area contributed by atoms with Crippen molar-refractivity contribution in [3.05, 3.63) is 46.8 Å². The molecule has 1 heterocycles. The Morgan fingerprint density at radius 1 is 0.960 bits per heavy atom. The van der Waals surface area contributed by atoms with Gasteiger partial charge >= 0.3 is 6.18 Å². The molecule has 0 fully saturated rings. The van der Waals surface area contributed by atoms with Crippen molar-refractivity contribution in [1.29, 1.82) is 0 Å². The van der Waals surface area contributed by atoms with Gasteiger partial charge in [-0.2, -0.15) is 13.2 Å². The summed E-state index contributed by atoms with van der Waals surface area (Å²) in [6, 6.07) is 2.18. The lowest BCUT2D eigenvalue weighted by Gasteiger charge is -2.17. The molecular weight excluding hydrogens is 341 g/mol. The number of alkyl halides is 5. The Morgan fingerprint density at radius 3 is 2.12 bits per heavy atom. The molecule has 0 radical (unpaired) electrons. The van der Waals surface area contributed by atoms with Crippen molar-refractivity contribution in [2.75, 3.05) is 5.32 Å². The summed E-state index contributed by atoms with van der Waals surface area (Å²) in [4.78, 5) is 8.30. The quantitative estimate of drug-likeness (QED) is 0.719. The first kappa shape index (κ1) is 19.1. The van der Waals surface area contributed by atoms with Crippen LogP contribution in [0.25, 0.3) is 0 Å². The average molecular weight is 359 g/mol. The smallest absolute Gasteiger partial charge is 0.324 e.